The number of carbonyl (C=O) groups is 1. The molecular weight excluding hydrogens is 194 g/mol. The molecular formula is C9H17N5O. The van der Waals surface area contributed by atoms with Gasteiger partial charge in [0.05, 0.1) is 5.54 Å². The second kappa shape index (κ2) is 4.88. The normalized spacial score (nSPS) is 14.8. The van der Waals surface area contributed by atoms with Gasteiger partial charge in [-0.2, -0.15) is 5.10 Å². The van der Waals surface area contributed by atoms with Gasteiger partial charge in [-0.05, 0) is 19.3 Å². The number of carbonyl (C=O) groups excluding carboxylic acids is 1. The molecule has 0 spiro atoms. The van der Waals surface area contributed by atoms with Crippen LogP contribution in [0.1, 0.15) is 26.2 Å². The number of rotatable bonds is 6. The van der Waals surface area contributed by atoms with E-state index < -0.39 is 11.4 Å². The largest absolute Gasteiger partial charge is 0.368 e. The van der Waals surface area contributed by atoms with Gasteiger partial charge in [0.15, 0.2) is 0 Å². The van der Waals surface area contributed by atoms with Crippen molar-refractivity contribution in [2.24, 2.45) is 11.5 Å². The van der Waals surface area contributed by atoms with Gasteiger partial charge >= 0.3 is 0 Å². The molecule has 1 amide bonds. The van der Waals surface area contributed by atoms with E-state index in [1.54, 1.807) is 11.0 Å². The van der Waals surface area contributed by atoms with Gasteiger partial charge in [-0.25, -0.2) is 4.98 Å². The zero-order chi connectivity index (χ0) is 11.3. The van der Waals surface area contributed by atoms with E-state index in [1.165, 1.54) is 6.33 Å². The van der Waals surface area contributed by atoms with Gasteiger partial charge in [-0.3, -0.25) is 9.48 Å². The molecule has 1 aromatic rings. The van der Waals surface area contributed by atoms with E-state index in [9.17, 15) is 4.79 Å². The number of nitrogens with two attached hydrogens (primary N) is 2. The zero-order valence-corrected chi connectivity index (χ0v) is 8.89. The highest BCUT2D eigenvalue weighted by Crippen LogP contribution is 2.13. The molecule has 0 saturated carbocycles. The lowest BCUT2D eigenvalue weighted by atomic mass is 9.91. The summed E-state index contributed by atoms with van der Waals surface area (Å²) in [5.41, 5.74) is 10.2. The Balaban J connectivity index is 2.38. The minimum atomic E-state index is -0.888. The molecule has 1 atom stereocenters. The molecule has 1 rings (SSSR count). The fraction of sp³-hybridized carbons (Fsp3) is 0.667. The molecule has 4 N–H and O–H groups in total. The highest BCUT2D eigenvalue weighted by molar-refractivity contribution is 5.84. The molecule has 1 heterocycles. The standard InChI is InChI=1S/C9H17N5O/c1-2-9(11,8(10)15)4-3-5-14-7-12-6-13-14/h6-7H,2-5,11H2,1H3,(H2,10,15). The summed E-state index contributed by atoms with van der Waals surface area (Å²) in [6.45, 7) is 2.56. The third kappa shape index (κ3) is 3.02. The van der Waals surface area contributed by atoms with Crippen molar-refractivity contribution in [2.45, 2.75) is 38.3 Å². The second-order valence-electron chi connectivity index (χ2n) is 3.64. The highest BCUT2D eigenvalue weighted by atomic mass is 16.1. The topological polar surface area (TPSA) is 99.8 Å². The first-order valence-electron chi connectivity index (χ1n) is 4.99. The maximum atomic E-state index is 11.1. The molecule has 0 aliphatic heterocycles. The Hall–Kier alpha value is -1.43. The van der Waals surface area contributed by atoms with Crippen molar-refractivity contribution in [2.75, 3.05) is 0 Å². The first kappa shape index (κ1) is 11.6. The molecule has 6 nitrogen and oxygen atoms in total. The smallest absolute Gasteiger partial charge is 0.237 e. The van der Waals surface area contributed by atoms with Crippen molar-refractivity contribution >= 4 is 5.91 Å². The summed E-state index contributed by atoms with van der Waals surface area (Å²) < 4.78 is 1.71. The van der Waals surface area contributed by atoms with Gasteiger partial charge in [-0.1, -0.05) is 6.92 Å². The monoisotopic (exact) mass is 211 g/mol. The van der Waals surface area contributed by atoms with E-state index >= 15 is 0 Å². The van der Waals surface area contributed by atoms with Crippen LogP contribution in [0, 0.1) is 0 Å². The van der Waals surface area contributed by atoms with Crippen LogP contribution in [0.25, 0.3) is 0 Å². The number of primary amides is 1. The fourth-order valence-corrected chi connectivity index (χ4v) is 1.38. The maximum absolute atomic E-state index is 11.1. The Morgan fingerprint density at radius 1 is 1.60 bits per heavy atom. The minimum Gasteiger partial charge on any atom is -0.368 e. The van der Waals surface area contributed by atoms with E-state index in [0.717, 1.165) is 6.42 Å². The Morgan fingerprint density at radius 3 is 2.80 bits per heavy atom. The summed E-state index contributed by atoms with van der Waals surface area (Å²) in [6, 6.07) is 0. The summed E-state index contributed by atoms with van der Waals surface area (Å²) in [5, 5.41) is 3.96. The van der Waals surface area contributed by atoms with E-state index in [4.69, 9.17) is 11.5 Å². The van der Waals surface area contributed by atoms with Gasteiger partial charge in [0.2, 0.25) is 5.91 Å². The average molecular weight is 211 g/mol. The molecule has 15 heavy (non-hydrogen) atoms. The molecule has 0 aliphatic carbocycles. The fourth-order valence-electron chi connectivity index (χ4n) is 1.38. The lowest BCUT2D eigenvalue weighted by molar-refractivity contribution is -0.123. The van der Waals surface area contributed by atoms with E-state index in [2.05, 4.69) is 10.1 Å². The van der Waals surface area contributed by atoms with Crippen LogP contribution >= 0.6 is 0 Å². The Labute approximate surface area is 88.7 Å². The summed E-state index contributed by atoms with van der Waals surface area (Å²) in [4.78, 5) is 14.9. The number of nitrogens with zero attached hydrogens (tertiary/aromatic N) is 3. The molecule has 0 saturated heterocycles. The first-order chi connectivity index (χ1) is 7.08. The SMILES string of the molecule is CCC(N)(CCCn1cncn1)C(N)=O. The van der Waals surface area contributed by atoms with Crippen LogP contribution in [0.2, 0.25) is 0 Å². The molecule has 0 bridgehead atoms. The summed E-state index contributed by atoms with van der Waals surface area (Å²) in [6.07, 6.45) is 4.99. The Morgan fingerprint density at radius 2 is 2.33 bits per heavy atom. The molecule has 0 fully saturated rings. The molecule has 1 aromatic heterocycles. The zero-order valence-electron chi connectivity index (χ0n) is 8.89. The Kier molecular flexibility index (Phi) is 3.79. The van der Waals surface area contributed by atoms with Crippen LogP contribution in [0.15, 0.2) is 12.7 Å². The Bertz CT molecular complexity index is 310. The van der Waals surface area contributed by atoms with Crippen molar-refractivity contribution in [1.82, 2.24) is 14.8 Å². The van der Waals surface area contributed by atoms with Crippen LogP contribution in [-0.2, 0) is 11.3 Å². The maximum Gasteiger partial charge on any atom is 0.237 e. The van der Waals surface area contributed by atoms with Crippen LogP contribution in [0.4, 0.5) is 0 Å². The van der Waals surface area contributed by atoms with Crippen molar-refractivity contribution in [3.63, 3.8) is 0 Å². The van der Waals surface area contributed by atoms with E-state index in [0.29, 0.717) is 19.4 Å². The van der Waals surface area contributed by atoms with Crippen molar-refractivity contribution in [3.05, 3.63) is 12.7 Å². The van der Waals surface area contributed by atoms with Crippen LogP contribution in [0.5, 0.6) is 0 Å². The van der Waals surface area contributed by atoms with Crippen molar-refractivity contribution in [1.29, 1.82) is 0 Å². The summed E-state index contributed by atoms with van der Waals surface area (Å²) in [5.74, 6) is -0.441. The van der Waals surface area contributed by atoms with Crippen LogP contribution in [0.3, 0.4) is 0 Å². The second-order valence-corrected chi connectivity index (χ2v) is 3.64. The predicted octanol–water partition coefficient (Wildman–Crippen LogP) is -0.349. The molecule has 0 aliphatic rings. The lowest BCUT2D eigenvalue weighted by Gasteiger charge is -2.23. The van der Waals surface area contributed by atoms with E-state index in [-0.39, 0.29) is 0 Å². The van der Waals surface area contributed by atoms with Crippen LogP contribution < -0.4 is 11.5 Å². The number of amides is 1. The van der Waals surface area contributed by atoms with Crippen molar-refractivity contribution < 1.29 is 4.79 Å². The quantitative estimate of drug-likeness (QED) is 0.671. The molecule has 1 unspecified atom stereocenters. The number of aryl methyl sites for hydroxylation is 1. The van der Waals surface area contributed by atoms with Gasteiger partial charge in [-0.15, -0.1) is 0 Å². The number of aromatic nitrogens is 3. The summed E-state index contributed by atoms with van der Waals surface area (Å²) in [7, 11) is 0. The van der Waals surface area contributed by atoms with E-state index in [1.807, 2.05) is 6.92 Å². The third-order valence-electron chi connectivity index (χ3n) is 2.60. The molecule has 0 radical (unpaired) electrons. The van der Waals surface area contributed by atoms with Gasteiger partial charge in [0.1, 0.15) is 12.7 Å². The minimum absolute atomic E-state index is 0.441. The highest BCUT2D eigenvalue weighted by Gasteiger charge is 2.28. The molecule has 84 valence electrons. The molecule has 0 aromatic carbocycles. The predicted molar refractivity (Wildman–Crippen MR) is 55.7 cm³/mol. The van der Waals surface area contributed by atoms with Crippen molar-refractivity contribution in [3.8, 4) is 0 Å². The van der Waals surface area contributed by atoms with Crippen LogP contribution in [-0.4, -0.2) is 26.2 Å². The summed E-state index contributed by atoms with van der Waals surface area (Å²) >= 11 is 0. The van der Waals surface area contributed by atoms with Gasteiger partial charge in [0, 0.05) is 6.54 Å². The number of hydrogen-bond donors (Lipinski definition) is 2. The first-order valence-corrected chi connectivity index (χ1v) is 4.99. The molecule has 6 heteroatoms. The van der Waals surface area contributed by atoms with Gasteiger partial charge in [0.25, 0.3) is 0 Å². The lowest BCUT2D eigenvalue weighted by Crippen LogP contribution is -2.51. The number of hydrogen-bond acceptors (Lipinski definition) is 4. The van der Waals surface area contributed by atoms with Gasteiger partial charge < -0.3 is 11.5 Å². The average Bonchev–Trinajstić information content (AvgIpc) is 2.70. The third-order valence-corrected chi connectivity index (χ3v) is 2.60.